The van der Waals surface area contributed by atoms with E-state index in [0.29, 0.717) is 0 Å². The van der Waals surface area contributed by atoms with Crippen LogP contribution in [0.1, 0.15) is 12.5 Å². The lowest BCUT2D eigenvalue weighted by Gasteiger charge is -2.02. The van der Waals surface area contributed by atoms with Crippen molar-refractivity contribution in [2.24, 2.45) is 4.99 Å². The number of pyridine rings is 1. The van der Waals surface area contributed by atoms with Crippen LogP contribution in [0, 0.1) is 0 Å². The van der Waals surface area contributed by atoms with E-state index in [1.54, 1.807) is 7.11 Å². The standard InChI is InChI=1S/C17H16BrN3O/c1-3-19-11-15-16-10-13(18)8-9-21(16)20-17(15)12-4-6-14(22-2)7-5-12/h4-11H,3H2,1-2H3. The Morgan fingerprint density at radius 1 is 1.27 bits per heavy atom. The molecule has 0 saturated carbocycles. The summed E-state index contributed by atoms with van der Waals surface area (Å²) in [5.74, 6) is 0.832. The lowest BCUT2D eigenvalue weighted by Crippen LogP contribution is -1.87. The van der Waals surface area contributed by atoms with E-state index in [2.05, 4.69) is 27.0 Å². The van der Waals surface area contributed by atoms with Gasteiger partial charge >= 0.3 is 0 Å². The van der Waals surface area contributed by atoms with E-state index < -0.39 is 0 Å². The van der Waals surface area contributed by atoms with Crippen molar-refractivity contribution in [2.45, 2.75) is 6.92 Å². The second kappa shape index (κ2) is 6.32. The topological polar surface area (TPSA) is 38.9 Å². The molecule has 1 aromatic carbocycles. The minimum absolute atomic E-state index is 0.743. The molecule has 0 amide bonds. The molecule has 22 heavy (non-hydrogen) atoms. The molecule has 0 aliphatic rings. The highest BCUT2D eigenvalue weighted by atomic mass is 79.9. The SMILES string of the molecule is CCN=Cc1c(-c2ccc(OC)cc2)nn2ccc(Br)cc12. The normalized spacial score (nSPS) is 11.4. The van der Waals surface area contributed by atoms with Crippen LogP contribution in [0.2, 0.25) is 0 Å². The van der Waals surface area contributed by atoms with Crippen LogP contribution in [-0.4, -0.2) is 29.5 Å². The number of benzene rings is 1. The molecule has 0 aliphatic heterocycles. The number of fused-ring (bicyclic) bond motifs is 1. The van der Waals surface area contributed by atoms with Crippen molar-refractivity contribution < 1.29 is 4.74 Å². The summed E-state index contributed by atoms with van der Waals surface area (Å²) in [5, 5.41) is 4.70. The molecule has 0 atom stereocenters. The predicted octanol–water partition coefficient (Wildman–Crippen LogP) is 4.21. The van der Waals surface area contributed by atoms with E-state index in [1.165, 1.54) is 0 Å². The van der Waals surface area contributed by atoms with Crippen LogP contribution >= 0.6 is 15.9 Å². The molecule has 112 valence electrons. The lowest BCUT2D eigenvalue weighted by atomic mass is 10.1. The first-order valence-electron chi connectivity index (χ1n) is 7.05. The average Bonchev–Trinajstić information content (AvgIpc) is 2.90. The zero-order valence-electron chi connectivity index (χ0n) is 12.5. The number of halogens is 1. The second-order valence-corrected chi connectivity index (χ2v) is 5.71. The summed E-state index contributed by atoms with van der Waals surface area (Å²) < 4.78 is 8.11. The van der Waals surface area contributed by atoms with E-state index in [9.17, 15) is 0 Å². The predicted molar refractivity (Wildman–Crippen MR) is 93.0 cm³/mol. The number of methoxy groups -OCH3 is 1. The third kappa shape index (κ3) is 2.76. The molecule has 4 nitrogen and oxygen atoms in total. The molecule has 5 heteroatoms. The van der Waals surface area contributed by atoms with Gasteiger partial charge in [-0.25, -0.2) is 4.52 Å². The van der Waals surface area contributed by atoms with E-state index in [0.717, 1.165) is 39.1 Å². The molecule has 3 aromatic rings. The van der Waals surface area contributed by atoms with Crippen LogP contribution in [0.25, 0.3) is 16.8 Å². The maximum Gasteiger partial charge on any atom is 0.118 e. The molecule has 0 bridgehead atoms. The van der Waals surface area contributed by atoms with Crippen LogP contribution in [0.15, 0.2) is 52.1 Å². The molecule has 0 fully saturated rings. The number of rotatable bonds is 4. The number of ether oxygens (including phenoxy) is 1. The summed E-state index contributed by atoms with van der Waals surface area (Å²) in [6, 6.07) is 11.9. The quantitative estimate of drug-likeness (QED) is 0.656. The number of hydrogen-bond donors (Lipinski definition) is 0. The third-order valence-electron chi connectivity index (χ3n) is 3.40. The molecule has 2 heterocycles. The van der Waals surface area contributed by atoms with Gasteiger partial charge in [-0.2, -0.15) is 5.10 Å². The highest BCUT2D eigenvalue weighted by Crippen LogP contribution is 2.28. The Morgan fingerprint density at radius 3 is 2.73 bits per heavy atom. The molecule has 0 saturated heterocycles. The molecule has 2 aromatic heterocycles. The first-order chi connectivity index (χ1) is 10.7. The van der Waals surface area contributed by atoms with Crippen molar-refractivity contribution in [1.82, 2.24) is 9.61 Å². The Hall–Kier alpha value is -2.14. The summed E-state index contributed by atoms with van der Waals surface area (Å²) >= 11 is 3.52. The zero-order valence-corrected chi connectivity index (χ0v) is 14.0. The van der Waals surface area contributed by atoms with Crippen LogP contribution in [-0.2, 0) is 0 Å². The molecule has 0 N–H and O–H groups in total. The molecule has 0 unspecified atom stereocenters. The minimum Gasteiger partial charge on any atom is -0.497 e. The van der Waals surface area contributed by atoms with Gasteiger partial charge in [0, 0.05) is 34.6 Å². The van der Waals surface area contributed by atoms with Crippen molar-refractivity contribution in [3.05, 3.63) is 52.6 Å². The first-order valence-corrected chi connectivity index (χ1v) is 7.84. The van der Waals surface area contributed by atoms with Crippen LogP contribution < -0.4 is 4.74 Å². The Balaban J connectivity index is 2.20. The Morgan fingerprint density at radius 2 is 2.05 bits per heavy atom. The molecule has 0 radical (unpaired) electrons. The van der Waals surface area contributed by atoms with Gasteiger partial charge in [-0.3, -0.25) is 4.99 Å². The number of nitrogens with zero attached hydrogens (tertiary/aromatic N) is 3. The summed E-state index contributed by atoms with van der Waals surface area (Å²) in [4.78, 5) is 4.40. The monoisotopic (exact) mass is 357 g/mol. The average molecular weight is 358 g/mol. The van der Waals surface area contributed by atoms with Gasteiger partial charge in [0.1, 0.15) is 11.4 Å². The zero-order chi connectivity index (χ0) is 15.5. The van der Waals surface area contributed by atoms with E-state index >= 15 is 0 Å². The lowest BCUT2D eigenvalue weighted by molar-refractivity contribution is 0.415. The van der Waals surface area contributed by atoms with Crippen molar-refractivity contribution in [3.63, 3.8) is 0 Å². The highest BCUT2D eigenvalue weighted by molar-refractivity contribution is 9.10. The largest absolute Gasteiger partial charge is 0.497 e. The van der Waals surface area contributed by atoms with E-state index in [-0.39, 0.29) is 0 Å². The Labute approximate surface area is 137 Å². The molecular weight excluding hydrogens is 342 g/mol. The van der Waals surface area contributed by atoms with Crippen LogP contribution in [0.5, 0.6) is 5.75 Å². The maximum atomic E-state index is 5.22. The van der Waals surface area contributed by atoms with Gasteiger partial charge in [0.25, 0.3) is 0 Å². The fourth-order valence-corrected chi connectivity index (χ4v) is 2.65. The summed E-state index contributed by atoms with van der Waals surface area (Å²) in [7, 11) is 1.66. The molecule has 0 aliphatic carbocycles. The molecule has 3 rings (SSSR count). The van der Waals surface area contributed by atoms with Gasteiger partial charge in [0.15, 0.2) is 0 Å². The summed E-state index contributed by atoms with van der Waals surface area (Å²) in [6.07, 6.45) is 3.84. The van der Waals surface area contributed by atoms with Gasteiger partial charge < -0.3 is 4.74 Å². The van der Waals surface area contributed by atoms with Crippen molar-refractivity contribution in [3.8, 4) is 17.0 Å². The van der Waals surface area contributed by atoms with Crippen LogP contribution in [0.3, 0.4) is 0 Å². The number of aromatic nitrogens is 2. The van der Waals surface area contributed by atoms with Crippen molar-refractivity contribution in [1.29, 1.82) is 0 Å². The smallest absolute Gasteiger partial charge is 0.118 e. The van der Waals surface area contributed by atoms with Crippen molar-refractivity contribution >= 4 is 27.7 Å². The Kier molecular flexibility index (Phi) is 4.24. The summed E-state index contributed by atoms with van der Waals surface area (Å²) in [6.45, 7) is 2.76. The van der Waals surface area contributed by atoms with Gasteiger partial charge in [0.2, 0.25) is 0 Å². The highest BCUT2D eigenvalue weighted by Gasteiger charge is 2.13. The minimum atomic E-state index is 0.743. The van der Waals surface area contributed by atoms with Crippen LogP contribution in [0.4, 0.5) is 0 Å². The summed E-state index contributed by atoms with van der Waals surface area (Å²) in [5.41, 5.74) is 4.00. The van der Waals surface area contributed by atoms with Gasteiger partial charge in [-0.05, 0) is 43.3 Å². The second-order valence-electron chi connectivity index (χ2n) is 4.79. The molecule has 0 spiro atoms. The Bertz CT molecular complexity index is 822. The van der Waals surface area contributed by atoms with Gasteiger partial charge in [0.05, 0.1) is 12.6 Å². The fraction of sp³-hybridized carbons (Fsp3) is 0.176. The van der Waals surface area contributed by atoms with E-state index in [4.69, 9.17) is 9.84 Å². The number of aliphatic imine (C=N–C) groups is 1. The molecular formula is C17H16BrN3O. The number of hydrogen-bond acceptors (Lipinski definition) is 3. The van der Waals surface area contributed by atoms with Gasteiger partial charge in [-0.15, -0.1) is 0 Å². The van der Waals surface area contributed by atoms with Crippen molar-refractivity contribution in [2.75, 3.05) is 13.7 Å². The van der Waals surface area contributed by atoms with Gasteiger partial charge in [-0.1, -0.05) is 15.9 Å². The van der Waals surface area contributed by atoms with E-state index in [1.807, 2.05) is 54.2 Å². The first kappa shape index (κ1) is 14.8. The maximum absolute atomic E-state index is 5.22. The fourth-order valence-electron chi connectivity index (χ4n) is 2.31. The third-order valence-corrected chi connectivity index (χ3v) is 3.89.